The number of carbonyl (C=O) groups is 2. The molecule has 122 valence electrons. The van der Waals surface area contributed by atoms with Crippen molar-refractivity contribution in [2.24, 2.45) is 0 Å². The summed E-state index contributed by atoms with van der Waals surface area (Å²) in [6, 6.07) is 1.79. The molecule has 0 spiro atoms. The molecule has 23 heavy (non-hydrogen) atoms. The van der Waals surface area contributed by atoms with Crippen LogP contribution >= 0.6 is 11.5 Å². The van der Waals surface area contributed by atoms with E-state index >= 15 is 0 Å². The number of rotatable bonds is 5. The summed E-state index contributed by atoms with van der Waals surface area (Å²) in [6.07, 6.45) is 2.82. The van der Waals surface area contributed by atoms with Crippen molar-refractivity contribution in [2.75, 3.05) is 0 Å². The summed E-state index contributed by atoms with van der Waals surface area (Å²) in [5.74, 6) is -0.325. The molecule has 0 aliphatic heterocycles. The number of aromatic nitrogens is 5. The molecule has 2 N–H and O–H groups in total. The highest BCUT2D eigenvalue weighted by atomic mass is 32.1. The fourth-order valence-corrected chi connectivity index (χ4v) is 2.83. The summed E-state index contributed by atoms with van der Waals surface area (Å²) in [4.78, 5) is 24.2. The van der Waals surface area contributed by atoms with Crippen LogP contribution in [0.1, 0.15) is 37.2 Å². The van der Waals surface area contributed by atoms with E-state index in [1.165, 1.54) is 22.5 Å². The van der Waals surface area contributed by atoms with Gasteiger partial charge < -0.3 is 10.6 Å². The van der Waals surface area contributed by atoms with Crippen LogP contribution in [-0.4, -0.2) is 48.5 Å². The molecule has 1 aliphatic rings. The molecule has 0 radical (unpaired) electrons. The highest BCUT2D eigenvalue weighted by Crippen LogP contribution is 2.22. The average molecular weight is 335 g/mol. The zero-order valence-corrected chi connectivity index (χ0v) is 13.6. The van der Waals surface area contributed by atoms with Crippen molar-refractivity contribution in [3.8, 4) is 0 Å². The van der Waals surface area contributed by atoms with Crippen LogP contribution in [0.15, 0.2) is 17.8 Å². The summed E-state index contributed by atoms with van der Waals surface area (Å²) in [6.45, 7) is 3.50. The highest BCUT2D eigenvalue weighted by Gasteiger charge is 2.37. The Morgan fingerprint density at radius 2 is 2.04 bits per heavy atom. The first-order valence-electron chi connectivity index (χ1n) is 7.22. The molecule has 0 bridgehead atoms. The van der Waals surface area contributed by atoms with E-state index in [4.69, 9.17) is 0 Å². The first-order valence-corrected chi connectivity index (χ1v) is 8.06. The molecule has 2 aromatic heterocycles. The van der Waals surface area contributed by atoms with Gasteiger partial charge in [-0.1, -0.05) is 0 Å². The number of amides is 2. The Kier molecular flexibility index (Phi) is 4.07. The van der Waals surface area contributed by atoms with E-state index in [2.05, 4.69) is 30.5 Å². The standard InChI is InChI=1S/C13H17N7O2S/c1-13(2,20-7-14-18-19-20)12(22)16-9-5-8(6-9)15-11(21)10-3-4-23-17-10/h3-4,7-9H,5-6H2,1-2H3,(H,15,21)(H,16,22). The van der Waals surface area contributed by atoms with Gasteiger partial charge in [-0.15, -0.1) is 5.10 Å². The van der Waals surface area contributed by atoms with Crippen molar-refractivity contribution in [3.63, 3.8) is 0 Å². The van der Waals surface area contributed by atoms with Gasteiger partial charge in [0.2, 0.25) is 5.91 Å². The van der Waals surface area contributed by atoms with E-state index < -0.39 is 5.54 Å². The van der Waals surface area contributed by atoms with Crippen molar-refractivity contribution >= 4 is 23.3 Å². The van der Waals surface area contributed by atoms with E-state index in [1.54, 1.807) is 25.3 Å². The SMILES string of the molecule is CC(C)(C(=O)NC1CC(NC(=O)c2ccsn2)C1)n1cnnn1. The van der Waals surface area contributed by atoms with Crippen LogP contribution in [0, 0.1) is 0 Å². The molecule has 9 nitrogen and oxygen atoms in total. The Morgan fingerprint density at radius 3 is 2.65 bits per heavy atom. The Labute approximate surface area is 136 Å². The molecule has 0 aromatic carbocycles. The zero-order valence-electron chi connectivity index (χ0n) is 12.8. The lowest BCUT2D eigenvalue weighted by Crippen LogP contribution is -2.57. The molecule has 2 amide bonds. The fourth-order valence-electron chi connectivity index (χ4n) is 2.33. The fraction of sp³-hybridized carbons (Fsp3) is 0.538. The summed E-state index contributed by atoms with van der Waals surface area (Å²) >= 11 is 1.24. The monoisotopic (exact) mass is 335 g/mol. The van der Waals surface area contributed by atoms with Gasteiger partial charge in [0.1, 0.15) is 17.6 Å². The van der Waals surface area contributed by atoms with Gasteiger partial charge in [-0.05, 0) is 54.7 Å². The van der Waals surface area contributed by atoms with E-state index in [0.29, 0.717) is 18.5 Å². The van der Waals surface area contributed by atoms with Crippen molar-refractivity contribution in [2.45, 2.75) is 44.3 Å². The number of hydrogen-bond acceptors (Lipinski definition) is 7. The van der Waals surface area contributed by atoms with Crippen molar-refractivity contribution in [1.82, 2.24) is 35.2 Å². The van der Waals surface area contributed by atoms with Gasteiger partial charge in [-0.3, -0.25) is 9.59 Å². The molecule has 2 aromatic rings. The van der Waals surface area contributed by atoms with Crippen molar-refractivity contribution in [3.05, 3.63) is 23.5 Å². The summed E-state index contributed by atoms with van der Waals surface area (Å²) in [5.41, 5.74) is -0.430. The number of hydrogen-bond donors (Lipinski definition) is 2. The van der Waals surface area contributed by atoms with Gasteiger partial charge in [0.25, 0.3) is 5.91 Å². The zero-order chi connectivity index (χ0) is 16.4. The van der Waals surface area contributed by atoms with Gasteiger partial charge in [0.15, 0.2) is 0 Å². The van der Waals surface area contributed by atoms with E-state index in [9.17, 15) is 9.59 Å². The lowest BCUT2D eigenvalue weighted by Gasteiger charge is -2.37. The third-order valence-corrected chi connectivity index (χ3v) is 4.52. The maximum atomic E-state index is 12.4. The van der Waals surface area contributed by atoms with Gasteiger partial charge >= 0.3 is 0 Å². The minimum atomic E-state index is -0.863. The van der Waals surface area contributed by atoms with Crippen LogP contribution in [0.5, 0.6) is 0 Å². The van der Waals surface area contributed by atoms with Crippen molar-refractivity contribution in [1.29, 1.82) is 0 Å². The summed E-state index contributed by atoms with van der Waals surface area (Å²) in [7, 11) is 0. The molecule has 2 heterocycles. The van der Waals surface area contributed by atoms with Crippen LogP contribution < -0.4 is 10.6 Å². The third kappa shape index (κ3) is 3.21. The molecule has 0 atom stereocenters. The minimum absolute atomic E-state index is 0.0407. The lowest BCUT2D eigenvalue weighted by molar-refractivity contribution is -0.130. The third-order valence-electron chi connectivity index (χ3n) is 3.96. The predicted octanol–water partition coefficient (Wildman–Crippen LogP) is -0.0581. The predicted molar refractivity (Wildman–Crippen MR) is 81.7 cm³/mol. The minimum Gasteiger partial charge on any atom is -0.351 e. The first-order chi connectivity index (χ1) is 11.0. The molecule has 3 rings (SSSR count). The topological polar surface area (TPSA) is 115 Å². The van der Waals surface area contributed by atoms with Crippen LogP contribution in [0.2, 0.25) is 0 Å². The Bertz CT molecular complexity index is 677. The molecule has 1 aliphatic carbocycles. The molecule has 0 saturated heterocycles. The maximum Gasteiger partial charge on any atom is 0.271 e. The number of nitrogens with one attached hydrogen (secondary N) is 2. The normalized spacial score (nSPS) is 20.6. The number of tetrazole rings is 1. The molecular formula is C13H17N7O2S. The van der Waals surface area contributed by atoms with Gasteiger partial charge in [-0.2, -0.15) is 4.37 Å². The van der Waals surface area contributed by atoms with E-state index in [-0.39, 0.29) is 23.9 Å². The van der Waals surface area contributed by atoms with Crippen LogP contribution in [0.4, 0.5) is 0 Å². The summed E-state index contributed by atoms with van der Waals surface area (Å²) < 4.78 is 5.41. The Hall–Kier alpha value is -2.36. The van der Waals surface area contributed by atoms with Crippen LogP contribution in [0.3, 0.4) is 0 Å². The quantitative estimate of drug-likeness (QED) is 0.791. The highest BCUT2D eigenvalue weighted by molar-refractivity contribution is 7.03. The average Bonchev–Trinajstić information content (AvgIpc) is 3.17. The number of carbonyl (C=O) groups excluding carboxylic acids is 2. The second-order valence-electron chi connectivity index (χ2n) is 6.01. The van der Waals surface area contributed by atoms with E-state index in [1.807, 2.05) is 0 Å². The van der Waals surface area contributed by atoms with Gasteiger partial charge in [0, 0.05) is 17.5 Å². The lowest BCUT2D eigenvalue weighted by atomic mass is 9.86. The first kappa shape index (κ1) is 15.5. The molecule has 0 unspecified atom stereocenters. The summed E-state index contributed by atoms with van der Waals surface area (Å²) in [5, 5.41) is 18.5. The maximum absolute atomic E-state index is 12.4. The molecule has 1 saturated carbocycles. The van der Waals surface area contributed by atoms with Crippen LogP contribution in [0.25, 0.3) is 0 Å². The van der Waals surface area contributed by atoms with Gasteiger partial charge in [0.05, 0.1) is 0 Å². The van der Waals surface area contributed by atoms with Gasteiger partial charge in [-0.25, -0.2) is 4.68 Å². The second kappa shape index (κ2) is 6.03. The molecule has 1 fully saturated rings. The van der Waals surface area contributed by atoms with Crippen LogP contribution in [-0.2, 0) is 10.3 Å². The number of nitrogens with zero attached hydrogens (tertiary/aromatic N) is 5. The largest absolute Gasteiger partial charge is 0.351 e. The Morgan fingerprint density at radius 1 is 1.30 bits per heavy atom. The smallest absolute Gasteiger partial charge is 0.271 e. The van der Waals surface area contributed by atoms with Crippen molar-refractivity contribution < 1.29 is 9.59 Å². The van der Waals surface area contributed by atoms with E-state index in [0.717, 1.165) is 0 Å². The molecule has 10 heteroatoms. The second-order valence-corrected chi connectivity index (χ2v) is 6.68. The molecular weight excluding hydrogens is 318 g/mol. The Balaban J connectivity index is 1.47.